The summed E-state index contributed by atoms with van der Waals surface area (Å²) < 4.78 is 5.41. The molecule has 0 saturated carbocycles. The SMILES string of the molecule is COc1ccc(C)cc1C(Cl)CN1CCCCC1. The van der Waals surface area contributed by atoms with Crippen molar-refractivity contribution in [3.8, 4) is 5.75 Å². The van der Waals surface area contributed by atoms with E-state index < -0.39 is 0 Å². The molecule has 0 aliphatic carbocycles. The molecule has 2 rings (SSSR count). The molecule has 0 radical (unpaired) electrons. The van der Waals surface area contributed by atoms with Gasteiger partial charge < -0.3 is 9.64 Å². The highest BCUT2D eigenvalue weighted by Crippen LogP contribution is 2.31. The topological polar surface area (TPSA) is 12.5 Å². The van der Waals surface area contributed by atoms with Crippen LogP contribution >= 0.6 is 11.6 Å². The second kappa shape index (κ2) is 6.44. The van der Waals surface area contributed by atoms with E-state index in [1.54, 1.807) is 7.11 Å². The minimum Gasteiger partial charge on any atom is -0.496 e. The van der Waals surface area contributed by atoms with Gasteiger partial charge in [0, 0.05) is 12.1 Å². The number of halogens is 1. The molecule has 100 valence electrons. The number of likely N-dealkylation sites (tertiary alicyclic amines) is 1. The Morgan fingerprint density at radius 1 is 1.28 bits per heavy atom. The standard InChI is InChI=1S/C15H22ClNO/c1-12-6-7-15(18-2)13(10-12)14(16)11-17-8-4-3-5-9-17/h6-7,10,14H,3-5,8-9,11H2,1-2H3. The fourth-order valence-electron chi connectivity index (χ4n) is 2.57. The molecule has 1 fully saturated rings. The van der Waals surface area contributed by atoms with Crippen molar-refractivity contribution in [1.82, 2.24) is 4.90 Å². The maximum absolute atomic E-state index is 6.57. The van der Waals surface area contributed by atoms with E-state index in [1.165, 1.54) is 37.9 Å². The highest BCUT2D eigenvalue weighted by Gasteiger charge is 2.18. The molecule has 1 aliphatic rings. The van der Waals surface area contributed by atoms with Crippen molar-refractivity contribution in [2.75, 3.05) is 26.7 Å². The molecule has 18 heavy (non-hydrogen) atoms. The third-order valence-electron chi connectivity index (χ3n) is 3.59. The summed E-state index contributed by atoms with van der Waals surface area (Å²) in [6.45, 7) is 5.36. The van der Waals surface area contributed by atoms with Crippen LogP contribution in [0.1, 0.15) is 35.8 Å². The van der Waals surface area contributed by atoms with E-state index in [4.69, 9.17) is 16.3 Å². The van der Waals surface area contributed by atoms with E-state index >= 15 is 0 Å². The first-order chi connectivity index (χ1) is 8.70. The summed E-state index contributed by atoms with van der Waals surface area (Å²) >= 11 is 6.57. The molecule has 1 saturated heterocycles. The van der Waals surface area contributed by atoms with Crippen LogP contribution in [-0.2, 0) is 0 Å². The van der Waals surface area contributed by atoms with Crippen LogP contribution in [0.5, 0.6) is 5.75 Å². The Kier molecular flexibility index (Phi) is 4.90. The largest absolute Gasteiger partial charge is 0.496 e. The van der Waals surface area contributed by atoms with Gasteiger partial charge in [-0.05, 0) is 38.9 Å². The van der Waals surface area contributed by atoms with E-state index in [9.17, 15) is 0 Å². The van der Waals surface area contributed by atoms with Gasteiger partial charge in [0.15, 0.2) is 0 Å². The monoisotopic (exact) mass is 267 g/mol. The Labute approximate surface area is 115 Å². The van der Waals surface area contributed by atoms with Gasteiger partial charge in [0.25, 0.3) is 0 Å². The molecule has 3 heteroatoms. The molecule has 1 aromatic rings. The molecular formula is C15H22ClNO. The lowest BCUT2D eigenvalue weighted by molar-refractivity contribution is 0.228. The summed E-state index contributed by atoms with van der Waals surface area (Å²) in [5, 5.41) is 0.0120. The van der Waals surface area contributed by atoms with E-state index in [1.807, 2.05) is 6.07 Å². The average Bonchev–Trinajstić information content (AvgIpc) is 2.40. The van der Waals surface area contributed by atoms with Gasteiger partial charge in [-0.25, -0.2) is 0 Å². The lowest BCUT2D eigenvalue weighted by atomic mass is 10.1. The summed E-state index contributed by atoms with van der Waals surface area (Å²) in [6, 6.07) is 6.21. The number of ether oxygens (including phenoxy) is 1. The number of nitrogens with zero attached hydrogens (tertiary/aromatic N) is 1. The zero-order valence-electron chi connectivity index (χ0n) is 11.3. The number of piperidine rings is 1. The smallest absolute Gasteiger partial charge is 0.123 e. The molecule has 1 heterocycles. The molecule has 1 unspecified atom stereocenters. The molecule has 0 bridgehead atoms. The van der Waals surface area contributed by atoms with Gasteiger partial charge in [-0.15, -0.1) is 11.6 Å². The Balaban J connectivity index is 2.07. The van der Waals surface area contributed by atoms with Gasteiger partial charge in [-0.3, -0.25) is 0 Å². The van der Waals surface area contributed by atoms with Crippen LogP contribution in [0, 0.1) is 6.92 Å². The number of methoxy groups -OCH3 is 1. The quantitative estimate of drug-likeness (QED) is 0.770. The number of rotatable bonds is 4. The zero-order chi connectivity index (χ0) is 13.0. The lowest BCUT2D eigenvalue weighted by Crippen LogP contribution is -2.32. The summed E-state index contributed by atoms with van der Waals surface area (Å²) in [7, 11) is 1.71. The van der Waals surface area contributed by atoms with E-state index in [0.717, 1.165) is 17.9 Å². The summed E-state index contributed by atoms with van der Waals surface area (Å²) in [6.07, 6.45) is 3.96. The molecule has 1 aliphatic heterocycles. The van der Waals surface area contributed by atoms with Gasteiger partial charge in [0.2, 0.25) is 0 Å². The molecule has 2 nitrogen and oxygen atoms in total. The normalized spacial score (nSPS) is 18.6. The van der Waals surface area contributed by atoms with Gasteiger partial charge in [0.05, 0.1) is 12.5 Å². The van der Waals surface area contributed by atoms with Crippen LogP contribution in [0.15, 0.2) is 18.2 Å². The van der Waals surface area contributed by atoms with Crippen molar-refractivity contribution in [2.45, 2.75) is 31.6 Å². The summed E-state index contributed by atoms with van der Waals surface area (Å²) in [5.74, 6) is 0.901. The molecule has 0 N–H and O–H groups in total. The highest BCUT2D eigenvalue weighted by molar-refractivity contribution is 6.21. The highest BCUT2D eigenvalue weighted by atomic mass is 35.5. The van der Waals surface area contributed by atoms with E-state index in [-0.39, 0.29) is 5.38 Å². The zero-order valence-corrected chi connectivity index (χ0v) is 12.0. The van der Waals surface area contributed by atoms with Crippen molar-refractivity contribution in [1.29, 1.82) is 0 Å². The third-order valence-corrected chi connectivity index (χ3v) is 3.96. The second-order valence-electron chi connectivity index (χ2n) is 5.07. The number of aryl methyl sites for hydroxylation is 1. The molecule has 1 aromatic carbocycles. The molecule has 0 spiro atoms. The molecular weight excluding hydrogens is 246 g/mol. The number of alkyl halides is 1. The predicted molar refractivity (Wildman–Crippen MR) is 76.6 cm³/mol. The van der Waals surface area contributed by atoms with Crippen molar-refractivity contribution < 1.29 is 4.74 Å². The fraction of sp³-hybridized carbons (Fsp3) is 0.600. The van der Waals surface area contributed by atoms with Crippen molar-refractivity contribution in [3.05, 3.63) is 29.3 Å². The van der Waals surface area contributed by atoms with Gasteiger partial charge >= 0.3 is 0 Å². The fourth-order valence-corrected chi connectivity index (χ4v) is 2.93. The Morgan fingerprint density at radius 3 is 2.67 bits per heavy atom. The van der Waals surface area contributed by atoms with E-state index in [2.05, 4.69) is 24.0 Å². The maximum Gasteiger partial charge on any atom is 0.123 e. The van der Waals surface area contributed by atoms with Crippen molar-refractivity contribution in [2.24, 2.45) is 0 Å². The average molecular weight is 268 g/mol. The first-order valence-electron chi connectivity index (χ1n) is 6.71. The maximum atomic E-state index is 6.57. The van der Waals surface area contributed by atoms with Crippen LogP contribution in [-0.4, -0.2) is 31.6 Å². The number of hydrogen-bond donors (Lipinski definition) is 0. The van der Waals surface area contributed by atoms with Crippen LogP contribution in [0.2, 0.25) is 0 Å². The van der Waals surface area contributed by atoms with Gasteiger partial charge in [-0.2, -0.15) is 0 Å². The van der Waals surface area contributed by atoms with Gasteiger partial charge in [0.1, 0.15) is 5.75 Å². The van der Waals surface area contributed by atoms with Crippen LogP contribution < -0.4 is 4.74 Å². The molecule has 0 amide bonds. The molecule has 1 atom stereocenters. The van der Waals surface area contributed by atoms with Crippen LogP contribution in [0.3, 0.4) is 0 Å². The van der Waals surface area contributed by atoms with Crippen LogP contribution in [0.25, 0.3) is 0 Å². The summed E-state index contributed by atoms with van der Waals surface area (Å²) in [4.78, 5) is 2.46. The van der Waals surface area contributed by atoms with Gasteiger partial charge in [-0.1, -0.05) is 24.1 Å². The summed E-state index contributed by atoms with van der Waals surface area (Å²) in [5.41, 5.74) is 2.35. The van der Waals surface area contributed by atoms with E-state index in [0.29, 0.717) is 0 Å². The van der Waals surface area contributed by atoms with Crippen molar-refractivity contribution in [3.63, 3.8) is 0 Å². The Bertz CT molecular complexity index is 388. The predicted octanol–water partition coefficient (Wildman–Crippen LogP) is 3.77. The number of hydrogen-bond acceptors (Lipinski definition) is 2. The first kappa shape index (κ1) is 13.7. The lowest BCUT2D eigenvalue weighted by Gasteiger charge is -2.28. The third kappa shape index (κ3) is 3.39. The Hall–Kier alpha value is -0.730. The first-order valence-corrected chi connectivity index (χ1v) is 7.15. The second-order valence-corrected chi connectivity index (χ2v) is 5.60. The van der Waals surface area contributed by atoms with Crippen molar-refractivity contribution >= 4 is 11.6 Å². The Morgan fingerprint density at radius 2 is 2.00 bits per heavy atom. The van der Waals surface area contributed by atoms with Crippen LogP contribution in [0.4, 0.5) is 0 Å². The molecule has 0 aromatic heterocycles. The number of benzene rings is 1. The minimum atomic E-state index is 0.0120. The minimum absolute atomic E-state index is 0.0120.